The number of methoxy groups -OCH3 is 1. The minimum atomic E-state index is 0.530. The number of hydrogen-bond donors (Lipinski definition) is 0. The highest BCUT2D eigenvalue weighted by Crippen LogP contribution is 2.27. The summed E-state index contributed by atoms with van der Waals surface area (Å²) in [5.41, 5.74) is 0.887. The average molecular weight is 408 g/mol. The van der Waals surface area contributed by atoms with Crippen molar-refractivity contribution in [3.05, 3.63) is 47.9 Å². The molecular formula is C20H20N6O2S. The van der Waals surface area contributed by atoms with Crippen LogP contribution in [-0.2, 0) is 6.54 Å². The molecule has 5 rings (SSSR count). The highest BCUT2D eigenvalue weighted by atomic mass is 32.1. The summed E-state index contributed by atoms with van der Waals surface area (Å²) in [4.78, 5) is 14.5. The van der Waals surface area contributed by atoms with Crippen LogP contribution in [0.4, 0.5) is 5.82 Å². The summed E-state index contributed by atoms with van der Waals surface area (Å²) in [6.07, 6.45) is 1.65. The molecule has 1 aliphatic heterocycles. The van der Waals surface area contributed by atoms with E-state index in [-0.39, 0.29) is 0 Å². The Bertz CT molecular complexity index is 1100. The normalized spacial score (nSPS) is 15.1. The molecule has 0 radical (unpaired) electrons. The number of benzene rings is 1. The van der Waals surface area contributed by atoms with E-state index in [0.717, 1.165) is 53.5 Å². The molecule has 0 bridgehead atoms. The number of ether oxygens (including phenoxy) is 1. The van der Waals surface area contributed by atoms with Crippen LogP contribution in [-0.4, -0.2) is 58.4 Å². The number of aromatic nitrogens is 4. The molecule has 148 valence electrons. The Balaban J connectivity index is 1.22. The van der Waals surface area contributed by atoms with Crippen molar-refractivity contribution in [3.63, 3.8) is 0 Å². The lowest BCUT2D eigenvalue weighted by molar-refractivity contribution is 0.226. The predicted molar refractivity (Wildman–Crippen MR) is 111 cm³/mol. The summed E-state index contributed by atoms with van der Waals surface area (Å²) in [5.74, 6) is 2.99. The van der Waals surface area contributed by atoms with Crippen molar-refractivity contribution < 1.29 is 9.15 Å². The Morgan fingerprint density at radius 2 is 1.86 bits per heavy atom. The van der Waals surface area contributed by atoms with Crippen LogP contribution in [0.2, 0.25) is 0 Å². The molecule has 9 heteroatoms. The van der Waals surface area contributed by atoms with Gasteiger partial charge < -0.3 is 14.1 Å². The topological polar surface area (TPSA) is 80.4 Å². The molecule has 0 amide bonds. The third-order valence-electron chi connectivity index (χ3n) is 5.08. The minimum absolute atomic E-state index is 0.530. The molecule has 1 saturated heterocycles. The first-order chi connectivity index (χ1) is 14.3. The number of rotatable bonds is 5. The smallest absolute Gasteiger partial charge is 0.247 e. The van der Waals surface area contributed by atoms with E-state index in [2.05, 4.69) is 41.4 Å². The van der Waals surface area contributed by atoms with E-state index in [1.165, 1.54) is 0 Å². The third-order valence-corrected chi connectivity index (χ3v) is 5.90. The first-order valence-electron chi connectivity index (χ1n) is 9.42. The second kappa shape index (κ2) is 7.76. The van der Waals surface area contributed by atoms with Crippen LogP contribution in [0, 0.1) is 0 Å². The molecule has 29 heavy (non-hydrogen) atoms. The molecule has 3 aromatic heterocycles. The Hall–Kier alpha value is -3.04. The van der Waals surface area contributed by atoms with Gasteiger partial charge in [-0.3, -0.25) is 4.90 Å². The lowest BCUT2D eigenvalue weighted by atomic mass is 10.2. The van der Waals surface area contributed by atoms with E-state index in [0.29, 0.717) is 18.3 Å². The van der Waals surface area contributed by atoms with Gasteiger partial charge in [0.05, 0.1) is 19.0 Å². The fourth-order valence-electron chi connectivity index (χ4n) is 3.51. The minimum Gasteiger partial charge on any atom is -0.497 e. The van der Waals surface area contributed by atoms with Gasteiger partial charge in [0, 0.05) is 31.7 Å². The van der Waals surface area contributed by atoms with E-state index in [1.54, 1.807) is 24.8 Å². The fraction of sp³-hybridized carbons (Fsp3) is 0.300. The molecular weight excluding hydrogens is 388 g/mol. The predicted octanol–water partition coefficient (Wildman–Crippen LogP) is 3.07. The van der Waals surface area contributed by atoms with Crippen LogP contribution in [0.1, 0.15) is 5.89 Å². The maximum atomic E-state index is 5.87. The Kier molecular flexibility index (Phi) is 4.82. The maximum Gasteiger partial charge on any atom is 0.247 e. The van der Waals surface area contributed by atoms with Crippen LogP contribution < -0.4 is 9.64 Å². The zero-order chi connectivity index (χ0) is 19.6. The van der Waals surface area contributed by atoms with Crippen LogP contribution in [0.15, 0.2) is 46.5 Å². The van der Waals surface area contributed by atoms with Crippen molar-refractivity contribution in [2.75, 3.05) is 38.2 Å². The van der Waals surface area contributed by atoms with Gasteiger partial charge in [-0.05, 0) is 35.7 Å². The molecule has 0 N–H and O–H groups in total. The highest BCUT2D eigenvalue weighted by molar-refractivity contribution is 7.16. The number of anilines is 1. The van der Waals surface area contributed by atoms with Crippen LogP contribution in [0.5, 0.6) is 5.75 Å². The average Bonchev–Trinajstić information content (AvgIpc) is 3.44. The van der Waals surface area contributed by atoms with Crippen molar-refractivity contribution in [2.24, 2.45) is 0 Å². The van der Waals surface area contributed by atoms with Crippen LogP contribution in [0.3, 0.4) is 0 Å². The SMILES string of the molecule is COc1ccc(-c2nnc(CN3CCN(c4ncnc5sccc45)CC3)o2)cc1. The summed E-state index contributed by atoms with van der Waals surface area (Å²) >= 11 is 1.65. The molecule has 0 spiro atoms. The zero-order valence-corrected chi connectivity index (χ0v) is 16.8. The van der Waals surface area contributed by atoms with Gasteiger partial charge in [-0.15, -0.1) is 21.5 Å². The summed E-state index contributed by atoms with van der Waals surface area (Å²) in [6, 6.07) is 9.70. The molecule has 8 nitrogen and oxygen atoms in total. The molecule has 0 unspecified atom stereocenters. The van der Waals surface area contributed by atoms with Crippen molar-refractivity contribution >= 4 is 27.4 Å². The van der Waals surface area contributed by atoms with E-state index in [4.69, 9.17) is 9.15 Å². The van der Waals surface area contributed by atoms with Crippen molar-refractivity contribution in [3.8, 4) is 17.2 Å². The number of piperazine rings is 1. The first-order valence-corrected chi connectivity index (χ1v) is 10.3. The molecule has 4 aromatic rings. The molecule has 1 aromatic carbocycles. The molecule has 0 saturated carbocycles. The van der Waals surface area contributed by atoms with Gasteiger partial charge in [0.25, 0.3) is 0 Å². The standard InChI is InChI=1S/C20H20N6O2S/c1-27-15-4-2-14(3-5-15)19-24-23-17(28-19)12-25-7-9-26(10-8-25)18-16-6-11-29-20(16)22-13-21-18/h2-6,11,13H,7-10,12H2,1H3. The Labute approximate surface area is 171 Å². The monoisotopic (exact) mass is 408 g/mol. The van der Waals surface area contributed by atoms with E-state index in [1.807, 2.05) is 24.3 Å². The van der Waals surface area contributed by atoms with Gasteiger partial charge in [-0.25, -0.2) is 9.97 Å². The van der Waals surface area contributed by atoms with Gasteiger partial charge in [-0.2, -0.15) is 0 Å². The van der Waals surface area contributed by atoms with Crippen molar-refractivity contribution in [2.45, 2.75) is 6.54 Å². The van der Waals surface area contributed by atoms with Gasteiger partial charge >= 0.3 is 0 Å². The first kappa shape index (κ1) is 18.0. The van der Waals surface area contributed by atoms with Crippen LogP contribution >= 0.6 is 11.3 Å². The van der Waals surface area contributed by atoms with Gasteiger partial charge in [0.2, 0.25) is 11.8 Å². The van der Waals surface area contributed by atoms with Crippen molar-refractivity contribution in [1.82, 2.24) is 25.1 Å². The molecule has 1 aliphatic rings. The van der Waals surface area contributed by atoms with Crippen molar-refractivity contribution in [1.29, 1.82) is 0 Å². The number of nitrogens with zero attached hydrogens (tertiary/aromatic N) is 6. The lowest BCUT2D eigenvalue weighted by Crippen LogP contribution is -2.46. The number of fused-ring (bicyclic) bond motifs is 1. The Morgan fingerprint density at radius 3 is 2.66 bits per heavy atom. The van der Waals surface area contributed by atoms with Crippen LogP contribution in [0.25, 0.3) is 21.7 Å². The second-order valence-corrected chi connectivity index (χ2v) is 7.72. The maximum absolute atomic E-state index is 5.87. The van der Waals surface area contributed by atoms with E-state index >= 15 is 0 Å². The fourth-order valence-corrected chi connectivity index (χ4v) is 4.23. The summed E-state index contributed by atoms with van der Waals surface area (Å²) < 4.78 is 11.1. The highest BCUT2D eigenvalue weighted by Gasteiger charge is 2.22. The van der Waals surface area contributed by atoms with Gasteiger partial charge in [0.15, 0.2) is 0 Å². The largest absolute Gasteiger partial charge is 0.497 e. The molecule has 4 heterocycles. The number of thiophene rings is 1. The van der Waals surface area contributed by atoms with E-state index < -0.39 is 0 Å². The summed E-state index contributed by atoms with van der Waals surface area (Å²) in [5, 5.41) is 11.6. The lowest BCUT2D eigenvalue weighted by Gasteiger charge is -2.34. The zero-order valence-electron chi connectivity index (χ0n) is 16.0. The second-order valence-electron chi connectivity index (χ2n) is 6.83. The quantitative estimate of drug-likeness (QED) is 0.498. The molecule has 1 fully saturated rings. The van der Waals surface area contributed by atoms with Gasteiger partial charge in [-0.1, -0.05) is 0 Å². The third kappa shape index (κ3) is 3.66. The van der Waals surface area contributed by atoms with Gasteiger partial charge in [0.1, 0.15) is 22.7 Å². The Morgan fingerprint density at radius 1 is 1.03 bits per heavy atom. The summed E-state index contributed by atoms with van der Waals surface area (Å²) in [7, 11) is 1.65. The number of hydrogen-bond acceptors (Lipinski definition) is 9. The molecule has 0 aliphatic carbocycles. The van der Waals surface area contributed by atoms with E-state index in [9.17, 15) is 0 Å². The molecule has 0 atom stereocenters. The summed E-state index contributed by atoms with van der Waals surface area (Å²) in [6.45, 7) is 4.28.